The second-order valence-electron chi connectivity index (χ2n) is 14.3. The summed E-state index contributed by atoms with van der Waals surface area (Å²) in [7, 11) is 0. The monoisotopic (exact) mass is 724 g/mol. The van der Waals surface area contributed by atoms with E-state index in [1.807, 2.05) is 41.3 Å². The summed E-state index contributed by atoms with van der Waals surface area (Å²) in [6.07, 6.45) is 1.25. The van der Waals surface area contributed by atoms with Gasteiger partial charge in [-0.1, -0.05) is 67.6 Å². The summed E-state index contributed by atoms with van der Waals surface area (Å²) >= 11 is 0. The highest BCUT2D eigenvalue weighted by Gasteiger charge is 2.44. The summed E-state index contributed by atoms with van der Waals surface area (Å²) in [5, 5.41) is 34.6. The number of urea groups is 1. The summed E-state index contributed by atoms with van der Waals surface area (Å²) in [5.74, 6) is 0.774. The molecule has 6 atom stereocenters. The van der Waals surface area contributed by atoms with E-state index in [4.69, 9.17) is 15.0 Å². The van der Waals surface area contributed by atoms with Crippen molar-refractivity contribution in [3.63, 3.8) is 0 Å². The quantitative estimate of drug-likeness (QED) is 0.134. The summed E-state index contributed by atoms with van der Waals surface area (Å²) in [6, 6.07) is 18.8. The number of anilines is 2. The van der Waals surface area contributed by atoms with Crippen LogP contribution in [0.25, 0.3) is 11.2 Å². The van der Waals surface area contributed by atoms with Gasteiger partial charge in [0, 0.05) is 64.1 Å². The fourth-order valence-electron chi connectivity index (χ4n) is 7.78. The van der Waals surface area contributed by atoms with Gasteiger partial charge in [-0.3, -0.25) is 9.59 Å². The molecule has 15 heteroatoms. The molecule has 4 aromatic rings. The highest BCUT2D eigenvalue weighted by atomic mass is 16.3. The van der Waals surface area contributed by atoms with Crippen LogP contribution in [0.15, 0.2) is 67.0 Å². The molecule has 1 aliphatic carbocycles. The smallest absolute Gasteiger partial charge is 0.315 e. The minimum atomic E-state index is -1.16. The van der Waals surface area contributed by atoms with E-state index in [9.17, 15) is 24.6 Å². The summed E-state index contributed by atoms with van der Waals surface area (Å²) in [6.45, 7) is 6.00. The number of carbonyl (C=O) groups excluding carboxylic acids is 3. The van der Waals surface area contributed by atoms with Crippen LogP contribution < -0.4 is 26.2 Å². The Balaban J connectivity index is 1.15. The van der Waals surface area contributed by atoms with Crippen molar-refractivity contribution in [3.05, 3.63) is 78.1 Å². The highest BCUT2D eigenvalue weighted by molar-refractivity contribution is 5.85. The molecule has 6 N–H and O–H groups in total. The van der Waals surface area contributed by atoms with Crippen LogP contribution in [0.2, 0.25) is 0 Å². The number of carbonyl (C=O) groups is 3. The Morgan fingerprint density at radius 1 is 0.868 bits per heavy atom. The zero-order valence-electron chi connectivity index (χ0n) is 30.1. The molecule has 2 saturated heterocycles. The minimum absolute atomic E-state index is 0.00367. The largest absolute Gasteiger partial charge is 0.388 e. The fourth-order valence-corrected chi connectivity index (χ4v) is 7.78. The molecule has 0 bridgehead atoms. The first kappa shape index (κ1) is 36.1. The van der Waals surface area contributed by atoms with Gasteiger partial charge in [-0.25, -0.2) is 9.78 Å². The van der Waals surface area contributed by atoms with Crippen LogP contribution >= 0.6 is 0 Å². The number of rotatable bonds is 11. The SMILES string of the molecule is CCC(=O)N[C@H]1C[C@@H](n2cnc3c(NCC(c4ccccc4)c4ccccc4)nc(N4CC[C@@H](NC(=O)N[C@@H]5CCN(C(C)=O)C5)C4)nc32)[C@H](O)[C@@H]1O. The lowest BCUT2D eigenvalue weighted by atomic mass is 9.91. The second-order valence-corrected chi connectivity index (χ2v) is 14.3. The van der Waals surface area contributed by atoms with Gasteiger partial charge in [0.2, 0.25) is 17.8 Å². The molecule has 0 spiro atoms. The number of hydrogen-bond acceptors (Lipinski definition) is 10. The van der Waals surface area contributed by atoms with E-state index in [2.05, 4.69) is 45.5 Å². The Kier molecular flexibility index (Phi) is 10.7. The van der Waals surface area contributed by atoms with Gasteiger partial charge < -0.3 is 45.8 Å². The first-order valence-corrected chi connectivity index (χ1v) is 18.5. The Hall–Kier alpha value is -5.28. The number of imidazole rings is 1. The van der Waals surface area contributed by atoms with Crippen LogP contribution in [0.5, 0.6) is 0 Å². The lowest BCUT2D eigenvalue weighted by Crippen LogP contribution is -2.48. The van der Waals surface area contributed by atoms with Crippen molar-refractivity contribution in [1.29, 1.82) is 0 Å². The van der Waals surface area contributed by atoms with Gasteiger partial charge in [0.25, 0.3) is 0 Å². The molecule has 1 saturated carbocycles. The average Bonchev–Trinajstić information content (AvgIpc) is 3.98. The van der Waals surface area contributed by atoms with Gasteiger partial charge in [-0.2, -0.15) is 9.97 Å². The number of likely N-dealkylation sites (tertiary alicyclic amines) is 1. The van der Waals surface area contributed by atoms with Crippen LogP contribution in [0, 0.1) is 0 Å². The molecular weight excluding hydrogens is 676 g/mol. The van der Waals surface area contributed by atoms with E-state index in [1.54, 1.807) is 22.7 Å². The van der Waals surface area contributed by atoms with Crippen LogP contribution in [0.4, 0.5) is 16.6 Å². The van der Waals surface area contributed by atoms with Gasteiger partial charge in [-0.15, -0.1) is 0 Å². The lowest BCUT2D eigenvalue weighted by Gasteiger charge is -2.22. The molecule has 0 radical (unpaired) electrons. The summed E-state index contributed by atoms with van der Waals surface area (Å²) < 4.78 is 1.77. The third-order valence-corrected chi connectivity index (χ3v) is 10.7. The van der Waals surface area contributed by atoms with Gasteiger partial charge in [-0.05, 0) is 30.4 Å². The summed E-state index contributed by atoms with van der Waals surface area (Å²) in [4.78, 5) is 55.4. The van der Waals surface area contributed by atoms with Crippen molar-refractivity contribution in [2.75, 3.05) is 42.9 Å². The van der Waals surface area contributed by atoms with Crippen molar-refractivity contribution in [3.8, 4) is 0 Å². The molecule has 53 heavy (non-hydrogen) atoms. The van der Waals surface area contributed by atoms with Crippen molar-refractivity contribution >= 4 is 40.8 Å². The first-order chi connectivity index (χ1) is 25.7. The predicted molar refractivity (Wildman–Crippen MR) is 199 cm³/mol. The topological polar surface area (TPSA) is 190 Å². The molecule has 15 nitrogen and oxygen atoms in total. The molecular formula is C38H48N10O5. The maximum atomic E-state index is 12.9. The molecule has 0 unspecified atom stereocenters. The van der Waals surface area contributed by atoms with Crippen molar-refractivity contribution in [2.24, 2.45) is 0 Å². The Morgan fingerprint density at radius 2 is 1.53 bits per heavy atom. The van der Waals surface area contributed by atoms with E-state index in [0.29, 0.717) is 68.5 Å². The average molecular weight is 725 g/mol. The number of aliphatic hydroxyl groups is 2. The molecule has 2 aromatic carbocycles. The van der Waals surface area contributed by atoms with Gasteiger partial charge in [0.1, 0.15) is 12.2 Å². The number of aromatic nitrogens is 4. The Bertz CT molecular complexity index is 1870. The summed E-state index contributed by atoms with van der Waals surface area (Å²) in [5.41, 5.74) is 3.28. The van der Waals surface area contributed by atoms with Crippen LogP contribution in [0.3, 0.4) is 0 Å². The Labute approximate surface area is 308 Å². The number of benzene rings is 2. The molecule has 7 rings (SSSR count). The van der Waals surface area contributed by atoms with E-state index in [1.165, 1.54) is 6.92 Å². The molecule has 4 heterocycles. The van der Waals surface area contributed by atoms with E-state index >= 15 is 0 Å². The minimum Gasteiger partial charge on any atom is -0.388 e. The zero-order chi connectivity index (χ0) is 37.1. The molecule has 3 aliphatic rings. The van der Waals surface area contributed by atoms with E-state index in [-0.39, 0.29) is 42.3 Å². The number of nitrogens with zero attached hydrogens (tertiary/aromatic N) is 6. The van der Waals surface area contributed by atoms with Crippen LogP contribution in [0.1, 0.15) is 62.6 Å². The van der Waals surface area contributed by atoms with Gasteiger partial charge in [0.05, 0.1) is 18.4 Å². The van der Waals surface area contributed by atoms with Crippen molar-refractivity contribution in [1.82, 2.24) is 40.4 Å². The standard InChI is InChI=1S/C38H48N10O5/c1-3-31(50)43-29-18-30(34(52)33(29)51)48-22-40-32-35(39-19-28(24-10-6-4-7-11-24)25-12-8-5-9-13-25)44-37(45-36(32)48)47-17-15-27(21-47)42-38(53)41-26-14-16-46(20-26)23(2)49/h4-13,22,26-30,33-34,51-52H,3,14-21H2,1-2H3,(H,43,50)(H,39,44,45)(H2,41,42,53)/t26-,27-,29+,30-,33-,34+/m1/s1. The van der Waals surface area contributed by atoms with E-state index in [0.717, 1.165) is 17.5 Å². The number of fused-ring (bicyclic) bond motifs is 1. The van der Waals surface area contributed by atoms with Gasteiger partial charge in [0.15, 0.2) is 17.0 Å². The molecule has 3 fully saturated rings. The second kappa shape index (κ2) is 15.8. The molecule has 4 amide bonds. The normalized spacial score (nSPS) is 24.2. The highest BCUT2D eigenvalue weighted by Crippen LogP contribution is 2.35. The van der Waals surface area contributed by atoms with Crippen molar-refractivity contribution < 1.29 is 24.6 Å². The molecule has 2 aliphatic heterocycles. The molecule has 2 aromatic heterocycles. The molecule has 280 valence electrons. The third-order valence-electron chi connectivity index (χ3n) is 10.7. The number of hydrogen-bond donors (Lipinski definition) is 6. The number of aliphatic hydroxyl groups excluding tert-OH is 2. The number of nitrogens with one attached hydrogen (secondary N) is 4. The van der Waals surface area contributed by atoms with Gasteiger partial charge >= 0.3 is 6.03 Å². The number of amides is 4. The first-order valence-electron chi connectivity index (χ1n) is 18.5. The van der Waals surface area contributed by atoms with Crippen molar-refractivity contribution in [2.45, 2.75) is 81.8 Å². The zero-order valence-corrected chi connectivity index (χ0v) is 30.1. The maximum Gasteiger partial charge on any atom is 0.315 e. The van der Waals surface area contributed by atoms with E-state index < -0.39 is 24.3 Å². The predicted octanol–water partition coefficient (Wildman–Crippen LogP) is 2.13. The van der Waals surface area contributed by atoms with Crippen LogP contribution in [-0.2, 0) is 9.59 Å². The maximum absolute atomic E-state index is 12.9. The fraction of sp³-hybridized carbons (Fsp3) is 0.474. The third kappa shape index (κ3) is 7.90. The van der Waals surface area contributed by atoms with Crippen LogP contribution in [-0.4, -0.2) is 116 Å². The Morgan fingerprint density at radius 3 is 2.17 bits per heavy atom. The lowest BCUT2D eigenvalue weighted by molar-refractivity contribution is -0.127.